The zero-order valence-electron chi connectivity index (χ0n) is 11.5. The van der Waals surface area contributed by atoms with Gasteiger partial charge in [0, 0.05) is 12.1 Å². The van der Waals surface area contributed by atoms with Gasteiger partial charge in [-0.15, -0.1) is 0 Å². The van der Waals surface area contributed by atoms with Gasteiger partial charge in [-0.2, -0.15) is 0 Å². The van der Waals surface area contributed by atoms with Gasteiger partial charge in [0.2, 0.25) is 5.88 Å². The lowest BCUT2D eigenvalue weighted by Gasteiger charge is -2.39. The van der Waals surface area contributed by atoms with Gasteiger partial charge < -0.3 is 4.74 Å². The van der Waals surface area contributed by atoms with Gasteiger partial charge in [0.1, 0.15) is 0 Å². The van der Waals surface area contributed by atoms with Crippen LogP contribution in [0.2, 0.25) is 0 Å². The van der Waals surface area contributed by atoms with Crippen LogP contribution in [0.5, 0.6) is 0 Å². The second kappa shape index (κ2) is 5.58. The fourth-order valence-corrected chi connectivity index (χ4v) is 1.91. The Morgan fingerprint density at radius 3 is 2.56 bits per heavy atom. The van der Waals surface area contributed by atoms with Crippen LogP contribution in [0.15, 0.2) is 11.5 Å². The first-order chi connectivity index (χ1) is 7.45. The van der Waals surface area contributed by atoms with Crippen molar-refractivity contribution in [3.05, 3.63) is 11.5 Å². The predicted molar refractivity (Wildman–Crippen MR) is 67.7 cm³/mol. The van der Waals surface area contributed by atoms with Crippen LogP contribution in [0.25, 0.3) is 0 Å². The molecule has 0 bridgehead atoms. The summed E-state index contributed by atoms with van der Waals surface area (Å²) in [7, 11) is 0. The van der Waals surface area contributed by atoms with Crippen molar-refractivity contribution >= 4 is 0 Å². The molecule has 3 heteroatoms. The molecular weight excluding hydrogens is 200 g/mol. The molecule has 1 N–H and O–H groups in total. The van der Waals surface area contributed by atoms with Gasteiger partial charge in [-0.05, 0) is 53.0 Å². The minimum atomic E-state index is 0.279. The lowest BCUT2D eigenvalue weighted by molar-refractivity contribution is -0.0000869. The molecule has 0 aliphatic carbocycles. The molecule has 0 radical (unpaired) electrons. The van der Waals surface area contributed by atoms with Crippen LogP contribution >= 0.6 is 0 Å². The van der Waals surface area contributed by atoms with E-state index in [2.05, 4.69) is 52.0 Å². The smallest absolute Gasteiger partial charge is 0.203 e. The van der Waals surface area contributed by atoms with E-state index in [1.54, 1.807) is 0 Å². The summed E-state index contributed by atoms with van der Waals surface area (Å²) in [6.07, 6.45) is 2.38. The van der Waals surface area contributed by atoms with Crippen LogP contribution < -0.4 is 5.43 Å². The van der Waals surface area contributed by atoms with E-state index in [9.17, 15) is 0 Å². The van der Waals surface area contributed by atoms with Gasteiger partial charge in [0.25, 0.3) is 0 Å². The van der Waals surface area contributed by atoms with E-state index in [-0.39, 0.29) is 6.10 Å². The predicted octanol–water partition coefficient (Wildman–Crippen LogP) is 3.04. The molecule has 0 aromatic rings. The maximum absolute atomic E-state index is 6.02. The van der Waals surface area contributed by atoms with Gasteiger partial charge >= 0.3 is 0 Å². The third-order valence-electron chi connectivity index (χ3n) is 2.96. The number of rotatable bonds is 4. The molecule has 2 atom stereocenters. The van der Waals surface area contributed by atoms with E-state index in [0.29, 0.717) is 12.1 Å². The van der Waals surface area contributed by atoms with Crippen molar-refractivity contribution in [2.24, 2.45) is 0 Å². The number of nitrogens with one attached hydrogen (secondary N) is 1. The van der Waals surface area contributed by atoms with Crippen LogP contribution in [0.3, 0.4) is 0 Å². The highest BCUT2D eigenvalue weighted by molar-refractivity contribution is 5.10. The quantitative estimate of drug-likeness (QED) is 0.797. The van der Waals surface area contributed by atoms with Crippen molar-refractivity contribution in [1.29, 1.82) is 0 Å². The van der Waals surface area contributed by atoms with Crippen LogP contribution in [0.4, 0.5) is 0 Å². The largest absolute Gasteiger partial charge is 0.475 e. The molecule has 16 heavy (non-hydrogen) atoms. The highest BCUT2D eigenvalue weighted by Crippen LogP contribution is 2.24. The fourth-order valence-electron chi connectivity index (χ4n) is 1.91. The third kappa shape index (κ3) is 3.14. The van der Waals surface area contributed by atoms with Crippen LogP contribution in [0, 0.1) is 0 Å². The van der Waals surface area contributed by atoms with Gasteiger partial charge in [0.05, 0.1) is 6.10 Å². The second-order valence-corrected chi connectivity index (χ2v) is 5.12. The normalized spacial score (nSPS) is 23.9. The maximum atomic E-state index is 6.02. The van der Waals surface area contributed by atoms with Gasteiger partial charge in [0.15, 0.2) is 0 Å². The molecule has 0 saturated heterocycles. The second-order valence-electron chi connectivity index (χ2n) is 5.12. The summed E-state index contributed by atoms with van der Waals surface area (Å²) in [4.78, 5) is 0. The standard InChI is InChI=1S/C13H26N2O/c1-7-12(6)16-13-10(4)8-11(5)14-15(13)9(2)3/h9,11-12,14H,7-8H2,1-6H3. The average Bonchev–Trinajstić information content (AvgIpc) is 2.20. The SMILES string of the molecule is CCC(C)OC1=C(C)CC(C)NN1C(C)C. The summed E-state index contributed by atoms with van der Waals surface area (Å²) >= 11 is 0. The highest BCUT2D eigenvalue weighted by Gasteiger charge is 2.26. The van der Waals surface area contributed by atoms with E-state index in [1.807, 2.05) is 0 Å². The number of hydrogen-bond acceptors (Lipinski definition) is 3. The lowest BCUT2D eigenvalue weighted by atomic mass is 10.1. The van der Waals surface area contributed by atoms with Crippen molar-refractivity contribution < 1.29 is 4.74 Å². The fraction of sp³-hybridized carbons (Fsp3) is 0.846. The van der Waals surface area contributed by atoms with Crippen LogP contribution in [-0.4, -0.2) is 23.2 Å². The zero-order chi connectivity index (χ0) is 12.3. The number of nitrogens with zero attached hydrogens (tertiary/aromatic N) is 1. The minimum absolute atomic E-state index is 0.279. The molecule has 1 rings (SSSR count). The molecule has 0 aromatic carbocycles. The summed E-state index contributed by atoms with van der Waals surface area (Å²) in [5, 5.41) is 2.16. The van der Waals surface area contributed by atoms with Crippen molar-refractivity contribution in [3.8, 4) is 0 Å². The van der Waals surface area contributed by atoms with Crippen molar-refractivity contribution in [2.45, 2.75) is 72.6 Å². The monoisotopic (exact) mass is 226 g/mol. The first-order valence-corrected chi connectivity index (χ1v) is 6.37. The first kappa shape index (κ1) is 13.4. The third-order valence-corrected chi connectivity index (χ3v) is 2.96. The Morgan fingerprint density at radius 1 is 1.44 bits per heavy atom. The summed E-state index contributed by atoms with van der Waals surface area (Å²) < 4.78 is 6.02. The van der Waals surface area contributed by atoms with Crippen molar-refractivity contribution in [2.75, 3.05) is 0 Å². The molecule has 2 unspecified atom stereocenters. The van der Waals surface area contributed by atoms with E-state index in [0.717, 1.165) is 18.7 Å². The summed E-state index contributed by atoms with van der Waals surface area (Å²) in [5.74, 6) is 1.03. The van der Waals surface area contributed by atoms with Crippen LogP contribution in [0.1, 0.15) is 54.4 Å². The summed E-state index contributed by atoms with van der Waals surface area (Å²) in [6, 6.07) is 0.906. The molecule has 94 valence electrons. The van der Waals surface area contributed by atoms with Gasteiger partial charge in [-0.25, -0.2) is 5.43 Å². The minimum Gasteiger partial charge on any atom is -0.475 e. The van der Waals surface area contributed by atoms with E-state index in [1.165, 1.54) is 5.57 Å². The first-order valence-electron chi connectivity index (χ1n) is 6.37. The van der Waals surface area contributed by atoms with Crippen molar-refractivity contribution in [1.82, 2.24) is 10.4 Å². The zero-order valence-corrected chi connectivity index (χ0v) is 11.5. The number of hydrazine groups is 1. The highest BCUT2D eigenvalue weighted by atomic mass is 16.5. The topological polar surface area (TPSA) is 24.5 Å². The lowest BCUT2D eigenvalue weighted by Crippen LogP contribution is -2.51. The molecule has 0 saturated carbocycles. The Labute approximate surface area is 99.8 Å². The Balaban J connectivity index is 2.84. The average molecular weight is 226 g/mol. The van der Waals surface area contributed by atoms with E-state index in [4.69, 9.17) is 4.74 Å². The summed E-state index contributed by atoms with van der Waals surface area (Å²) in [5.41, 5.74) is 4.82. The number of ether oxygens (including phenoxy) is 1. The van der Waals surface area contributed by atoms with Gasteiger partial charge in [-0.1, -0.05) is 6.92 Å². The van der Waals surface area contributed by atoms with Crippen molar-refractivity contribution in [3.63, 3.8) is 0 Å². The molecule has 0 spiro atoms. The Kier molecular flexibility index (Phi) is 4.66. The Hall–Kier alpha value is -0.700. The molecular formula is C13H26N2O. The van der Waals surface area contributed by atoms with Gasteiger partial charge in [-0.3, -0.25) is 5.01 Å². The molecule has 0 aromatic heterocycles. The molecule has 0 fully saturated rings. The molecule has 0 amide bonds. The molecule has 1 heterocycles. The number of hydrogen-bond donors (Lipinski definition) is 1. The summed E-state index contributed by atoms with van der Waals surface area (Å²) in [6.45, 7) is 13.0. The molecule has 3 nitrogen and oxygen atoms in total. The molecule has 1 aliphatic rings. The molecule has 1 aliphatic heterocycles. The van der Waals surface area contributed by atoms with Crippen LogP contribution in [-0.2, 0) is 4.74 Å². The Morgan fingerprint density at radius 2 is 2.06 bits per heavy atom. The maximum Gasteiger partial charge on any atom is 0.203 e. The van der Waals surface area contributed by atoms with E-state index < -0.39 is 0 Å². The van der Waals surface area contributed by atoms with E-state index >= 15 is 0 Å². The Bertz CT molecular complexity index is 261.